The van der Waals surface area contributed by atoms with Gasteiger partial charge in [0.15, 0.2) is 0 Å². The number of benzene rings is 2. The first kappa shape index (κ1) is 17.2. The average molecular weight is 338 g/mol. The highest BCUT2D eigenvalue weighted by Crippen LogP contribution is 2.40. The van der Waals surface area contributed by atoms with Crippen molar-refractivity contribution in [3.63, 3.8) is 0 Å². The Kier molecular flexibility index (Phi) is 4.15. The molecule has 0 spiro atoms. The topological polar surface area (TPSA) is 32.3 Å². The molecule has 0 aliphatic carbocycles. The van der Waals surface area contributed by atoms with Gasteiger partial charge in [-0.15, -0.1) is 0 Å². The zero-order valence-corrected chi connectivity index (χ0v) is 15.3. The summed E-state index contributed by atoms with van der Waals surface area (Å²) in [6.45, 7) is 10.2. The van der Waals surface area contributed by atoms with Crippen molar-refractivity contribution < 1.29 is 9.18 Å². The molecule has 2 aromatic rings. The van der Waals surface area contributed by atoms with Gasteiger partial charge in [-0.25, -0.2) is 9.18 Å². The van der Waals surface area contributed by atoms with E-state index in [4.69, 9.17) is 0 Å². The predicted octanol–water partition coefficient (Wildman–Crippen LogP) is 5.68. The van der Waals surface area contributed by atoms with E-state index in [1.54, 1.807) is 17.0 Å². The number of nitrogens with zero attached hydrogens (tertiary/aromatic N) is 1. The molecule has 3 nitrogen and oxygen atoms in total. The molecule has 0 fully saturated rings. The number of hydrogen-bond acceptors (Lipinski definition) is 1. The summed E-state index contributed by atoms with van der Waals surface area (Å²) in [7, 11) is 0. The highest BCUT2D eigenvalue weighted by atomic mass is 19.1. The molecule has 2 amide bonds. The molecule has 0 aromatic heterocycles. The fourth-order valence-electron chi connectivity index (χ4n) is 3.37. The lowest BCUT2D eigenvalue weighted by molar-refractivity contribution is 0.253. The van der Waals surface area contributed by atoms with Gasteiger partial charge in [0, 0.05) is 11.3 Å². The maximum atomic E-state index is 13.1. The molecular weight excluding hydrogens is 315 g/mol. The Hall–Kier alpha value is -2.62. The van der Waals surface area contributed by atoms with Crippen LogP contribution in [-0.4, -0.2) is 11.6 Å². The Labute approximate surface area is 148 Å². The third kappa shape index (κ3) is 3.16. The highest BCUT2D eigenvalue weighted by Gasteiger charge is 2.36. The summed E-state index contributed by atoms with van der Waals surface area (Å²) in [5, 5.41) is 2.88. The number of urea groups is 1. The summed E-state index contributed by atoms with van der Waals surface area (Å²) >= 11 is 0. The van der Waals surface area contributed by atoms with Crippen LogP contribution in [-0.2, 0) is 0 Å². The number of fused-ring (bicyclic) bond motifs is 1. The summed E-state index contributed by atoms with van der Waals surface area (Å²) in [5.41, 5.74) is 5.56. The molecule has 3 rings (SSSR count). The van der Waals surface area contributed by atoms with E-state index in [2.05, 4.69) is 37.4 Å². The molecule has 0 saturated heterocycles. The van der Waals surface area contributed by atoms with Crippen LogP contribution >= 0.6 is 0 Å². The molecule has 4 heteroatoms. The second-order valence-electron chi connectivity index (χ2n) is 7.21. The van der Waals surface area contributed by atoms with E-state index >= 15 is 0 Å². The Bertz CT molecular complexity index is 866. The molecule has 130 valence electrons. The van der Waals surface area contributed by atoms with Gasteiger partial charge in [-0.1, -0.05) is 6.08 Å². The molecule has 1 N–H and O–H groups in total. The highest BCUT2D eigenvalue weighted by molar-refractivity contribution is 6.06. The van der Waals surface area contributed by atoms with Gasteiger partial charge in [-0.3, -0.25) is 4.90 Å². The minimum Gasteiger partial charge on any atom is -0.308 e. The first-order chi connectivity index (χ1) is 11.7. The van der Waals surface area contributed by atoms with Gasteiger partial charge in [0.25, 0.3) is 0 Å². The van der Waals surface area contributed by atoms with Crippen molar-refractivity contribution in [2.45, 2.75) is 40.2 Å². The fraction of sp³-hybridized carbons (Fsp3) is 0.286. The van der Waals surface area contributed by atoms with Crippen molar-refractivity contribution >= 4 is 23.0 Å². The molecule has 1 aliphatic rings. The fourth-order valence-corrected chi connectivity index (χ4v) is 3.37. The largest absolute Gasteiger partial charge is 0.327 e. The number of nitrogens with one attached hydrogen (secondary N) is 1. The summed E-state index contributed by atoms with van der Waals surface area (Å²) in [6, 6.07) is 9.76. The number of halogens is 1. The van der Waals surface area contributed by atoms with Crippen LogP contribution in [0.1, 0.15) is 37.5 Å². The molecule has 25 heavy (non-hydrogen) atoms. The summed E-state index contributed by atoms with van der Waals surface area (Å²) in [5.74, 6) is -0.327. The van der Waals surface area contributed by atoms with Gasteiger partial charge < -0.3 is 5.32 Å². The smallest absolute Gasteiger partial charge is 0.308 e. The summed E-state index contributed by atoms with van der Waals surface area (Å²) in [4.78, 5) is 14.8. The minimum absolute atomic E-state index is 0.232. The molecule has 0 bridgehead atoms. The second-order valence-corrected chi connectivity index (χ2v) is 7.21. The van der Waals surface area contributed by atoms with Gasteiger partial charge >= 0.3 is 6.03 Å². The van der Waals surface area contributed by atoms with Crippen LogP contribution < -0.4 is 10.2 Å². The van der Waals surface area contributed by atoms with Crippen LogP contribution in [0.2, 0.25) is 0 Å². The van der Waals surface area contributed by atoms with Crippen LogP contribution in [0.15, 0.2) is 42.5 Å². The van der Waals surface area contributed by atoms with Gasteiger partial charge in [0.2, 0.25) is 0 Å². The van der Waals surface area contributed by atoms with Crippen LogP contribution in [0, 0.1) is 19.7 Å². The van der Waals surface area contributed by atoms with Crippen molar-refractivity contribution in [3.8, 4) is 0 Å². The first-order valence-corrected chi connectivity index (χ1v) is 8.37. The van der Waals surface area contributed by atoms with Crippen molar-refractivity contribution in [2.24, 2.45) is 0 Å². The minimum atomic E-state index is -0.469. The van der Waals surface area contributed by atoms with E-state index in [9.17, 15) is 9.18 Å². The number of carbonyl (C=O) groups excluding carboxylic acids is 1. The Morgan fingerprint density at radius 1 is 1.04 bits per heavy atom. The first-order valence-electron chi connectivity index (χ1n) is 8.37. The second kappa shape index (κ2) is 6.03. The number of rotatable bonds is 1. The quantitative estimate of drug-likeness (QED) is 0.713. The normalized spacial score (nSPS) is 15.4. The van der Waals surface area contributed by atoms with Crippen LogP contribution in [0.3, 0.4) is 0 Å². The number of amides is 2. The number of carbonyl (C=O) groups is 1. The molecule has 1 heterocycles. The van der Waals surface area contributed by atoms with E-state index in [0.29, 0.717) is 5.69 Å². The van der Waals surface area contributed by atoms with E-state index in [1.165, 1.54) is 17.7 Å². The summed E-state index contributed by atoms with van der Waals surface area (Å²) < 4.78 is 13.1. The van der Waals surface area contributed by atoms with Crippen LogP contribution in [0.25, 0.3) is 5.57 Å². The van der Waals surface area contributed by atoms with Gasteiger partial charge in [-0.2, -0.15) is 0 Å². The van der Waals surface area contributed by atoms with Gasteiger partial charge in [0.05, 0.1) is 11.2 Å². The lowest BCUT2D eigenvalue weighted by Crippen LogP contribution is -2.50. The Morgan fingerprint density at radius 2 is 1.64 bits per heavy atom. The molecule has 2 aromatic carbocycles. The van der Waals surface area contributed by atoms with E-state index in [-0.39, 0.29) is 11.8 Å². The number of hydrogen-bond donors (Lipinski definition) is 1. The lowest BCUT2D eigenvalue weighted by atomic mass is 9.87. The maximum Gasteiger partial charge on any atom is 0.327 e. The van der Waals surface area contributed by atoms with E-state index in [0.717, 1.165) is 22.4 Å². The Balaban J connectivity index is 2.03. The van der Waals surface area contributed by atoms with Crippen molar-refractivity contribution in [1.29, 1.82) is 0 Å². The Morgan fingerprint density at radius 3 is 2.28 bits per heavy atom. The molecule has 0 saturated carbocycles. The van der Waals surface area contributed by atoms with Crippen molar-refractivity contribution in [1.82, 2.24) is 0 Å². The number of aryl methyl sites for hydroxylation is 2. The zero-order valence-electron chi connectivity index (χ0n) is 15.3. The van der Waals surface area contributed by atoms with Gasteiger partial charge in [0.1, 0.15) is 5.82 Å². The van der Waals surface area contributed by atoms with Crippen LogP contribution in [0.4, 0.5) is 20.6 Å². The van der Waals surface area contributed by atoms with Crippen molar-refractivity contribution in [3.05, 3.63) is 65.0 Å². The molecule has 0 unspecified atom stereocenters. The van der Waals surface area contributed by atoms with Crippen LogP contribution in [0.5, 0.6) is 0 Å². The predicted molar refractivity (Wildman–Crippen MR) is 102 cm³/mol. The van der Waals surface area contributed by atoms with Crippen molar-refractivity contribution in [2.75, 3.05) is 10.2 Å². The summed E-state index contributed by atoms with van der Waals surface area (Å²) in [6.07, 6.45) is 2.11. The van der Waals surface area contributed by atoms with Gasteiger partial charge in [-0.05, 0) is 87.7 Å². The standard InChI is InChI=1S/C21H23FN2O/c1-13-10-18-15(3)12-21(4,5)24(19(18)11-14(13)2)20(25)23-17-8-6-16(22)7-9-17/h6-12H,1-5H3,(H,23,25). The number of anilines is 2. The molecule has 0 atom stereocenters. The molecule has 1 aliphatic heterocycles. The van der Waals surface area contributed by atoms with E-state index in [1.807, 2.05) is 20.8 Å². The molecule has 0 radical (unpaired) electrons. The number of allylic oxidation sites excluding steroid dienone is 1. The maximum absolute atomic E-state index is 13.1. The average Bonchev–Trinajstić information content (AvgIpc) is 2.51. The SMILES string of the molecule is CC1=CC(C)(C)N(C(=O)Nc2ccc(F)cc2)c2cc(C)c(C)cc21. The third-order valence-electron chi connectivity index (χ3n) is 4.72. The third-order valence-corrected chi connectivity index (χ3v) is 4.72. The lowest BCUT2D eigenvalue weighted by Gasteiger charge is -2.41. The molecular formula is C21H23FN2O. The zero-order chi connectivity index (χ0) is 18.4. The monoisotopic (exact) mass is 338 g/mol. The van der Waals surface area contributed by atoms with E-state index < -0.39 is 5.54 Å².